The van der Waals surface area contributed by atoms with Gasteiger partial charge < -0.3 is 0 Å². The van der Waals surface area contributed by atoms with Crippen LogP contribution in [0.15, 0.2) is 22.1 Å². The predicted octanol–water partition coefficient (Wildman–Crippen LogP) is 3.83. The van der Waals surface area contributed by atoms with Crippen molar-refractivity contribution in [3.8, 4) is 0 Å². The average Bonchev–Trinajstić information content (AvgIpc) is 2.83. The minimum atomic E-state index is 0.0376. The number of rotatable bonds is 3. The molecule has 0 atom stereocenters. The maximum Gasteiger partial charge on any atom is 0.222 e. The van der Waals surface area contributed by atoms with E-state index in [4.69, 9.17) is 0 Å². The Labute approximate surface area is 113 Å². The first-order valence-corrected chi connectivity index (χ1v) is 7.01. The van der Waals surface area contributed by atoms with Crippen LogP contribution in [0.2, 0.25) is 0 Å². The summed E-state index contributed by atoms with van der Waals surface area (Å²) >= 11 is 4.87. The zero-order valence-corrected chi connectivity index (χ0v) is 12.3. The van der Waals surface area contributed by atoms with Gasteiger partial charge in [0.1, 0.15) is 5.69 Å². The van der Waals surface area contributed by atoms with Gasteiger partial charge in [-0.2, -0.15) is 5.10 Å². The van der Waals surface area contributed by atoms with Crippen molar-refractivity contribution in [2.45, 2.75) is 26.8 Å². The standard InChI is InChI=1S/C12H13BrN2OS/c1-7(2)15-10(9(13)6-14-15)11(16)12-8(3)4-5-17-12/h4-7H,1-3H3. The van der Waals surface area contributed by atoms with Crippen LogP contribution in [0.5, 0.6) is 0 Å². The van der Waals surface area contributed by atoms with Gasteiger partial charge in [-0.3, -0.25) is 9.48 Å². The molecule has 0 saturated carbocycles. The van der Waals surface area contributed by atoms with E-state index in [0.717, 1.165) is 14.9 Å². The highest BCUT2D eigenvalue weighted by molar-refractivity contribution is 9.10. The molecule has 0 saturated heterocycles. The highest BCUT2D eigenvalue weighted by atomic mass is 79.9. The summed E-state index contributed by atoms with van der Waals surface area (Å²) < 4.78 is 2.51. The van der Waals surface area contributed by atoms with Gasteiger partial charge in [-0.15, -0.1) is 11.3 Å². The summed E-state index contributed by atoms with van der Waals surface area (Å²) in [6.07, 6.45) is 1.68. The third kappa shape index (κ3) is 2.21. The molecule has 0 spiro atoms. The van der Waals surface area contributed by atoms with E-state index in [1.54, 1.807) is 10.9 Å². The van der Waals surface area contributed by atoms with Gasteiger partial charge in [-0.1, -0.05) is 0 Å². The fourth-order valence-electron chi connectivity index (χ4n) is 1.66. The maximum atomic E-state index is 12.5. The zero-order valence-electron chi connectivity index (χ0n) is 9.90. The number of aromatic nitrogens is 2. The number of ketones is 1. The molecule has 2 aromatic heterocycles. The van der Waals surface area contributed by atoms with Crippen molar-refractivity contribution in [1.82, 2.24) is 9.78 Å². The molecule has 2 heterocycles. The van der Waals surface area contributed by atoms with Gasteiger partial charge in [-0.05, 0) is 53.7 Å². The molecule has 3 nitrogen and oxygen atoms in total. The van der Waals surface area contributed by atoms with Gasteiger partial charge in [-0.25, -0.2) is 0 Å². The molecule has 0 N–H and O–H groups in total. The number of hydrogen-bond acceptors (Lipinski definition) is 3. The van der Waals surface area contributed by atoms with Crippen molar-refractivity contribution >= 4 is 33.0 Å². The van der Waals surface area contributed by atoms with Crippen LogP contribution in [0.1, 0.15) is 40.8 Å². The molecular weight excluding hydrogens is 300 g/mol. The largest absolute Gasteiger partial charge is 0.286 e. The average molecular weight is 313 g/mol. The van der Waals surface area contributed by atoms with Crippen LogP contribution < -0.4 is 0 Å². The summed E-state index contributed by atoms with van der Waals surface area (Å²) in [6, 6.07) is 2.13. The summed E-state index contributed by atoms with van der Waals surface area (Å²) in [5, 5.41) is 6.17. The Morgan fingerprint density at radius 1 is 1.53 bits per heavy atom. The number of hydrogen-bond donors (Lipinski definition) is 0. The Morgan fingerprint density at radius 3 is 2.76 bits per heavy atom. The molecule has 5 heteroatoms. The van der Waals surface area contributed by atoms with Gasteiger partial charge in [0.2, 0.25) is 5.78 Å². The van der Waals surface area contributed by atoms with Crippen LogP contribution >= 0.6 is 27.3 Å². The van der Waals surface area contributed by atoms with Crippen molar-refractivity contribution in [3.63, 3.8) is 0 Å². The topological polar surface area (TPSA) is 34.9 Å². The molecule has 2 aromatic rings. The lowest BCUT2D eigenvalue weighted by Gasteiger charge is -2.10. The molecule has 17 heavy (non-hydrogen) atoms. The van der Waals surface area contributed by atoms with Crippen LogP contribution in [0.3, 0.4) is 0 Å². The molecule has 90 valence electrons. The van der Waals surface area contributed by atoms with Gasteiger partial charge >= 0.3 is 0 Å². The zero-order chi connectivity index (χ0) is 12.6. The van der Waals surface area contributed by atoms with E-state index in [1.807, 2.05) is 32.2 Å². The van der Waals surface area contributed by atoms with E-state index in [-0.39, 0.29) is 11.8 Å². The number of halogens is 1. The van der Waals surface area contributed by atoms with Gasteiger partial charge in [0.05, 0.1) is 15.5 Å². The van der Waals surface area contributed by atoms with Crippen LogP contribution in [-0.4, -0.2) is 15.6 Å². The number of carbonyl (C=O) groups excluding carboxylic acids is 1. The summed E-state index contributed by atoms with van der Waals surface area (Å²) in [7, 11) is 0. The SMILES string of the molecule is Cc1ccsc1C(=O)c1c(Br)cnn1C(C)C. The number of nitrogens with zero attached hydrogens (tertiary/aromatic N) is 2. The number of carbonyl (C=O) groups is 1. The Balaban J connectivity index is 2.51. The second kappa shape index (κ2) is 4.74. The maximum absolute atomic E-state index is 12.5. The van der Waals surface area contributed by atoms with Crippen LogP contribution in [0, 0.1) is 6.92 Å². The molecule has 0 unspecified atom stereocenters. The number of aryl methyl sites for hydroxylation is 1. The van der Waals surface area contributed by atoms with Gasteiger partial charge in [0.25, 0.3) is 0 Å². The normalized spacial score (nSPS) is 11.1. The quantitative estimate of drug-likeness (QED) is 0.807. The molecular formula is C12H13BrN2OS. The summed E-state index contributed by atoms with van der Waals surface area (Å²) in [4.78, 5) is 13.2. The predicted molar refractivity (Wildman–Crippen MR) is 72.8 cm³/mol. The Morgan fingerprint density at radius 2 is 2.24 bits per heavy atom. The molecule has 0 aromatic carbocycles. The highest BCUT2D eigenvalue weighted by Gasteiger charge is 2.22. The second-order valence-electron chi connectivity index (χ2n) is 4.14. The minimum absolute atomic E-state index is 0.0376. The molecule has 2 rings (SSSR count). The molecule has 0 radical (unpaired) electrons. The van der Waals surface area contributed by atoms with E-state index in [0.29, 0.717) is 5.69 Å². The van der Waals surface area contributed by atoms with E-state index in [1.165, 1.54) is 11.3 Å². The molecule has 0 aliphatic heterocycles. The monoisotopic (exact) mass is 312 g/mol. The Bertz CT molecular complexity index is 557. The van der Waals surface area contributed by atoms with Crippen LogP contribution in [0.25, 0.3) is 0 Å². The van der Waals surface area contributed by atoms with Crippen molar-refractivity contribution in [1.29, 1.82) is 0 Å². The van der Waals surface area contributed by atoms with Crippen molar-refractivity contribution in [2.75, 3.05) is 0 Å². The molecule has 0 bridgehead atoms. The third-order valence-corrected chi connectivity index (χ3v) is 4.12. The number of thiophene rings is 1. The van der Waals surface area contributed by atoms with Crippen molar-refractivity contribution in [2.24, 2.45) is 0 Å². The van der Waals surface area contributed by atoms with E-state index < -0.39 is 0 Å². The second-order valence-corrected chi connectivity index (χ2v) is 5.91. The lowest BCUT2D eigenvalue weighted by Crippen LogP contribution is -2.13. The third-order valence-electron chi connectivity index (χ3n) is 2.52. The smallest absolute Gasteiger partial charge is 0.222 e. The fourth-order valence-corrected chi connectivity index (χ4v) is 2.98. The van der Waals surface area contributed by atoms with E-state index >= 15 is 0 Å². The summed E-state index contributed by atoms with van der Waals surface area (Å²) in [5.41, 5.74) is 1.65. The molecule has 0 fully saturated rings. The first-order chi connectivity index (χ1) is 8.02. The summed E-state index contributed by atoms with van der Waals surface area (Å²) in [6.45, 7) is 5.97. The molecule has 0 aliphatic carbocycles. The first-order valence-electron chi connectivity index (χ1n) is 5.34. The lowest BCUT2D eigenvalue weighted by atomic mass is 10.1. The lowest BCUT2D eigenvalue weighted by molar-refractivity contribution is 0.102. The van der Waals surface area contributed by atoms with Crippen molar-refractivity contribution in [3.05, 3.63) is 38.3 Å². The van der Waals surface area contributed by atoms with Crippen LogP contribution in [-0.2, 0) is 0 Å². The summed E-state index contributed by atoms with van der Waals surface area (Å²) in [5.74, 6) is 0.0376. The Hall–Kier alpha value is -0.940. The van der Waals surface area contributed by atoms with Gasteiger partial charge in [0.15, 0.2) is 0 Å². The van der Waals surface area contributed by atoms with E-state index in [9.17, 15) is 4.79 Å². The van der Waals surface area contributed by atoms with E-state index in [2.05, 4.69) is 21.0 Å². The highest BCUT2D eigenvalue weighted by Crippen LogP contribution is 2.26. The van der Waals surface area contributed by atoms with Crippen molar-refractivity contribution < 1.29 is 4.79 Å². The molecule has 0 aliphatic rings. The fraction of sp³-hybridized carbons (Fsp3) is 0.333. The minimum Gasteiger partial charge on any atom is -0.286 e. The first kappa shape index (κ1) is 12.5. The van der Waals surface area contributed by atoms with Crippen LogP contribution in [0.4, 0.5) is 0 Å². The van der Waals surface area contributed by atoms with Gasteiger partial charge in [0, 0.05) is 6.04 Å². The molecule has 0 amide bonds. The Kier molecular flexibility index (Phi) is 3.49.